The van der Waals surface area contributed by atoms with Gasteiger partial charge in [-0.05, 0) is 28.1 Å². The van der Waals surface area contributed by atoms with Gasteiger partial charge in [0.15, 0.2) is 0 Å². The fourth-order valence-corrected chi connectivity index (χ4v) is 1.41. The van der Waals surface area contributed by atoms with Crippen molar-refractivity contribution in [3.63, 3.8) is 0 Å². The molecule has 1 aromatic rings. The zero-order valence-corrected chi connectivity index (χ0v) is 8.55. The largest absolute Gasteiger partial charge is 0.507 e. The van der Waals surface area contributed by atoms with Gasteiger partial charge in [0, 0.05) is 12.6 Å². The highest BCUT2D eigenvalue weighted by atomic mass is 79.9. The van der Waals surface area contributed by atoms with Crippen molar-refractivity contribution < 1.29 is 14.7 Å². The summed E-state index contributed by atoms with van der Waals surface area (Å²) in [5, 5.41) is 19.0. The molecule has 0 bridgehead atoms. The lowest BCUT2D eigenvalue weighted by molar-refractivity contribution is -0.0740. The first-order chi connectivity index (χ1) is 6.02. The summed E-state index contributed by atoms with van der Waals surface area (Å²) in [7, 11) is 1.40. The number of nitrogens with zero attached hydrogens (tertiary/aromatic N) is 1. The van der Waals surface area contributed by atoms with Crippen molar-refractivity contribution >= 4 is 15.9 Å². The third-order valence-corrected chi connectivity index (χ3v) is 2.44. The van der Waals surface area contributed by atoms with Crippen LogP contribution in [0.4, 0.5) is 4.39 Å². The molecule has 0 aromatic heterocycles. The van der Waals surface area contributed by atoms with Crippen molar-refractivity contribution in [1.29, 1.82) is 0 Å². The minimum atomic E-state index is -0.467. The molecular formula is C8H9BrFNO2. The van der Waals surface area contributed by atoms with Crippen molar-refractivity contribution in [2.24, 2.45) is 0 Å². The summed E-state index contributed by atoms with van der Waals surface area (Å²) in [5.74, 6) is -0.510. The zero-order valence-electron chi connectivity index (χ0n) is 6.96. The summed E-state index contributed by atoms with van der Waals surface area (Å²) in [5.41, 5.74) is 0.227. The molecule has 0 atom stereocenters. The van der Waals surface area contributed by atoms with Gasteiger partial charge >= 0.3 is 0 Å². The second kappa shape index (κ2) is 4.04. The van der Waals surface area contributed by atoms with Crippen LogP contribution >= 0.6 is 15.9 Å². The van der Waals surface area contributed by atoms with E-state index in [2.05, 4.69) is 15.9 Å². The maximum absolute atomic E-state index is 13.1. The number of benzene rings is 1. The van der Waals surface area contributed by atoms with Crippen LogP contribution in [0.2, 0.25) is 0 Å². The summed E-state index contributed by atoms with van der Waals surface area (Å²) in [4.78, 5) is 0. The molecule has 0 amide bonds. The molecule has 0 unspecified atom stereocenters. The molecule has 0 heterocycles. The van der Waals surface area contributed by atoms with E-state index >= 15 is 0 Å². The quantitative estimate of drug-likeness (QED) is 0.790. The highest BCUT2D eigenvalue weighted by Gasteiger charge is 2.11. The van der Waals surface area contributed by atoms with Crippen molar-refractivity contribution in [1.82, 2.24) is 5.06 Å². The Balaban J connectivity index is 3.10. The van der Waals surface area contributed by atoms with E-state index in [4.69, 9.17) is 5.21 Å². The van der Waals surface area contributed by atoms with E-state index in [-0.39, 0.29) is 22.3 Å². The topological polar surface area (TPSA) is 43.7 Å². The first kappa shape index (κ1) is 10.4. The Bertz CT molecular complexity index is 317. The Kier molecular flexibility index (Phi) is 3.24. The normalized spacial score (nSPS) is 10.8. The smallest absolute Gasteiger partial charge is 0.130 e. The van der Waals surface area contributed by atoms with Crippen LogP contribution in [0.1, 0.15) is 5.56 Å². The fourth-order valence-electron chi connectivity index (χ4n) is 0.959. The molecule has 0 fully saturated rings. The molecule has 13 heavy (non-hydrogen) atoms. The Morgan fingerprint density at radius 3 is 2.69 bits per heavy atom. The van der Waals surface area contributed by atoms with E-state index < -0.39 is 5.82 Å². The molecule has 0 saturated heterocycles. The van der Waals surface area contributed by atoms with Crippen LogP contribution in [0.3, 0.4) is 0 Å². The van der Waals surface area contributed by atoms with Crippen LogP contribution < -0.4 is 0 Å². The molecule has 0 aliphatic rings. The van der Waals surface area contributed by atoms with Crippen LogP contribution in [0.5, 0.6) is 5.75 Å². The van der Waals surface area contributed by atoms with E-state index in [1.165, 1.54) is 13.1 Å². The van der Waals surface area contributed by atoms with Gasteiger partial charge in [0.25, 0.3) is 0 Å². The Hall–Kier alpha value is -0.650. The number of phenolic OH excluding ortho intramolecular Hbond substituents is 1. The number of rotatable bonds is 2. The molecule has 5 heteroatoms. The van der Waals surface area contributed by atoms with Crippen molar-refractivity contribution in [3.8, 4) is 5.75 Å². The lowest BCUT2D eigenvalue weighted by atomic mass is 10.2. The predicted molar refractivity (Wildman–Crippen MR) is 49.0 cm³/mol. The third-order valence-electron chi connectivity index (χ3n) is 1.55. The van der Waals surface area contributed by atoms with E-state index in [0.29, 0.717) is 0 Å². The molecule has 0 aliphatic carbocycles. The maximum atomic E-state index is 13.1. The van der Waals surface area contributed by atoms with E-state index in [1.807, 2.05) is 0 Å². The summed E-state index contributed by atoms with van der Waals surface area (Å²) in [6.07, 6.45) is 0. The highest BCUT2D eigenvalue weighted by molar-refractivity contribution is 9.10. The molecule has 72 valence electrons. The molecule has 0 radical (unpaired) electrons. The van der Waals surface area contributed by atoms with Gasteiger partial charge < -0.3 is 10.3 Å². The number of hydroxylamine groups is 2. The van der Waals surface area contributed by atoms with Crippen LogP contribution in [0.15, 0.2) is 16.6 Å². The molecule has 2 N–H and O–H groups in total. The molecule has 1 aromatic carbocycles. The third kappa shape index (κ3) is 2.40. The van der Waals surface area contributed by atoms with Crippen LogP contribution in [-0.4, -0.2) is 22.4 Å². The Morgan fingerprint density at radius 1 is 1.54 bits per heavy atom. The lowest BCUT2D eigenvalue weighted by Gasteiger charge is -2.11. The minimum absolute atomic E-state index is 0.0147. The monoisotopic (exact) mass is 249 g/mol. The summed E-state index contributed by atoms with van der Waals surface area (Å²) in [6.45, 7) is 0.0147. The zero-order chi connectivity index (χ0) is 10.0. The number of hydrogen-bond acceptors (Lipinski definition) is 3. The summed E-state index contributed by atoms with van der Waals surface area (Å²) in [6, 6.07) is 2.40. The number of phenols is 1. The minimum Gasteiger partial charge on any atom is -0.507 e. The average molecular weight is 250 g/mol. The van der Waals surface area contributed by atoms with E-state index in [9.17, 15) is 9.50 Å². The van der Waals surface area contributed by atoms with Crippen molar-refractivity contribution in [3.05, 3.63) is 28.0 Å². The van der Waals surface area contributed by atoms with Gasteiger partial charge in [-0.2, -0.15) is 5.06 Å². The molecule has 3 nitrogen and oxygen atoms in total. The molecular weight excluding hydrogens is 241 g/mol. The number of aromatic hydroxyl groups is 1. The first-order valence-electron chi connectivity index (χ1n) is 3.58. The van der Waals surface area contributed by atoms with Crippen molar-refractivity contribution in [2.45, 2.75) is 6.54 Å². The van der Waals surface area contributed by atoms with Gasteiger partial charge in [-0.1, -0.05) is 0 Å². The SMILES string of the molecule is CN(O)Cc1c(F)ccc(O)c1Br. The summed E-state index contributed by atoms with van der Waals surface area (Å²) < 4.78 is 13.4. The number of halogens is 2. The Morgan fingerprint density at radius 2 is 2.15 bits per heavy atom. The standard InChI is InChI=1S/C8H9BrFNO2/c1-11(13)4-5-6(10)2-3-7(12)8(5)9/h2-3,12-13H,4H2,1H3. The molecule has 1 rings (SSSR count). The lowest BCUT2D eigenvalue weighted by Crippen LogP contribution is -2.13. The van der Waals surface area contributed by atoms with Crippen molar-refractivity contribution in [2.75, 3.05) is 7.05 Å². The predicted octanol–water partition coefficient (Wildman–Crippen LogP) is 2.11. The van der Waals surface area contributed by atoms with Gasteiger partial charge in [0.05, 0.1) is 11.0 Å². The van der Waals surface area contributed by atoms with E-state index in [1.54, 1.807) is 0 Å². The second-order valence-electron chi connectivity index (χ2n) is 2.67. The van der Waals surface area contributed by atoms with Gasteiger partial charge in [-0.25, -0.2) is 4.39 Å². The molecule has 0 aliphatic heterocycles. The Labute approximate surface area is 83.5 Å². The molecule has 0 spiro atoms. The van der Waals surface area contributed by atoms with Gasteiger partial charge in [0.1, 0.15) is 11.6 Å². The number of hydrogen-bond donors (Lipinski definition) is 2. The van der Waals surface area contributed by atoms with Crippen LogP contribution in [0, 0.1) is 5.82 Å². The van der Waals surface area contributed by atoms with Gasteiger partial charge in [0.2, 0.25) is 0 Å². The second-order valence-corrected chi connectivity index (χ2v) is 3.47. The fraction of sp³-hybridized carbons (Fsp3) is 0.250. The van der Waals surface area contributed by atoms with Gasteiger partial charge in [-0.3, -0.25) is 0 Å². The van der Waals surface area contributed by atoms with E-state index in [0.717, 1.165) is 11.1 Å². The highest BCUT2D eigenvalue weighted by Crippen LogP contribution is 2.29. The van der Waals surface area contributed by atoms with Gasteiger partial charge in [-0.15, -0.1) is 0 Å². The average Bonchev–Trinajstić information content (AvgIpc) is 2.05. The van der Waals surface area contributed by atoms with Crippen LogP contribution in [-0.2, 0) is 6.54 Å². The van der Waals surface area contributed by atoms with Crippen LogP contribution in [0.25, 0.3) is 0 Å². The maximum Gasteiger partial charge on any atom is 0.130 e. The summed E-state index contributed by atoms with van der Waals surface area (Å²) >= 11 is 3.03. The molecule has 0 saturated carbocycles. The first-order valence-corrected chi connectivity index (χ1v) is 4.37.